The zero-order chi connectivity index (χ0) is 22.6. The molecule has 0 aliphatic heterocycles. The van der Waals surface area contributed by atoms with E-state index in [9.17, 15) is 39.6 Å². The van der Waals surface area contributed by atoms with Crippen molar-refractivity contribution in [3.8, 4) is 5.88 Å². The van der Waals surface area contributed by atoms with E-state index >= 15 is 0 Å². The third-order valence-corrected chi connectivity index (χ3v) is 5.59. The standard InChI is InChI=1S/C16H19F6N3O4S/c17-15(18,19)8-29-13-6-5-12(7-23-13)24-14(26)10-1-3-11(4-2-10)25-30(27,28)9-16(20,21)22/h5-7,10-11,25H,1-4,8-9H2,(H,24,26)/t10-,11-. The molecule has 7 nitrogen and oxygen atoms in total. The summed E-state index contributed by atoms with van der Waals surface area (Å²) in [6, 6.07) is 1.79. The predicted molar refractivity (Wildman–Crippen MR) is 93.1 cm³/mol. The Labute approximate surface area is 168 Å². The molecular weight excluding hydrogens is 444 g/mol. The molecular formula is C16H19F6N3O4S. The van der Waals surface area contributed by atoms with Gasteiger partial charge in [0.25, 0.3) is 0 Å². The maximum atomic E-state index is 12.3. The van der Waals surface area contributed by atoms with Crippen LogP contribution < -0.4 is 14.8 Å². The third kappa shape index (κ3) is 8.73. The highest BCUT2D eigenvalue weighted by Crippen LogP contribution is 2.27. The summed E-state index contributed by atoms with van der Waals surface area (Å²) in [5.74, 6) is -3.13. The largest absolute Gasteiger partial charge is 0.468 e. The fourth-order valence-corrected chi connectivity index (χ4v) is 4.18. The van der Waals surface area contributed by atoms with Crippen LogP contribution in [0.15, 0.2) is 18.3 Å². The van der Waals surface area contributed by atoms with Crippen molar-refractivity contribution in [1.29, 1.82) is 0 Å². The smallest absolute Gasteiger partial charge is 0.422 e. The average Bonchev–Trinajstić information content (AvgIpc) is 2.58. The van der Waals surface area contributed by atoms with Crippen LogP contribution in [-0.2, 0) is 14.8 Å². The van der Waals surface area contributed by atoms with E-state index < -0.39 is 52.6 Å². The Morgan fingerprint density at radius 3 is 2.20 bits per heavy atom. The first-order valence-electron chi connectivity index (χ1n) is 8.76. The molecule has 1 aliphatic carbocycles. The van der Waals surface area contributed by atoms with Crippen LogP contribution in [0.4, 0.5) is 32.0 Å². The van der Waals surface area contributed by atoms with Gasteiger partial charge in [-0.3, -0.25) is 4.79 Å². The minimum atomic E-state index is -4.84. The van der Waals surface area contributed by atoms with Gasteiger partial charge in [0.2, 0.25) is 21.8 Å². The number of sulfonamides is 1. The van der Waals surface area contributed by atoms with E-state index in [0.29, 0.717) is 0 Å². The molecule has 2 rings (SSSR count). The molecule has 1 aromatic rings. The monoisotopic (exact) mass is 463 g/mol. The zero-order valence-electron chi connectivity index (χ0n) is 15.4. The summed E-state index contributed by atoms with van der Waals surface area (Å²) in [6.45, 7) is -1.50. The summed E-state index contributed by atoms with van der Waals surface area (Å²) >= 11 is 0. The predicted octanol–water partition coefficient (Wildman–Crippen LogP) is 3.00. The number of aromatic nitrogens is 1. The number of carbonyl (C=O) groups is 1. The molecule has 0 saturated heterocycles. The summed E-state index contributed by atoms with van der Waals surface area (Å²) in [4.78, 5) is 15.9. The van der Waals surface area contributed by atoms with Crippen LogP contribution in [0.3, 0.4) is 0 Å². The number of ether oxygens (including phenoxy) is 1. The molecule has 0 atom stereocenters. The van der Waals surface area contributed by atoms with Crippen molar-refractivity contribution in [2.45, 2.75) is 44.1 Å². The molecule has 1 fully saturated rings. The Morgan fingerprint density at radius 2 is 1.70 bits per heavy atom. The van der Waals surface area contributed by atoms with Crippen molar-refractivity contribution < 1.29 is 44.3 Å². The van der Waals surface area contributed by atoms with Crippen LogP contribution in [0.5, 0.6) is 5.88 Å². The molecule has 0 aromatic carbocycles. The lowest BCUT2D eigenvalue weighted by Gasteiger charge is -2.28. The zero-order valence-corrected chi connectivity index (χ0v) is 16.2. The van der Waals surface area contributed by atoms with Crippen molar-refractivity contribution >= 4 is 21.6 Å². The highest BCUT2D eigenvalue weighted by molar-refractivity contribution is 7.89. The molecule has 2 N–H and O–H groups in total. The first-order chi connectivity index (χ1) is 13.7. The van der Waals surface area contributed by atoms with Gasteiger partial charge < -0.3 is 10.1 Å². The Hall–Kier alpha value is -2.09. The van der Waals surface area contributed by atoms with Gasteiger partial charge in [-0.25, -0.2) is 18.1 Å². The number of anilines is 1. The van der Waals surface area contributed by atoms with E-state index in [1.807, 2.05) is 4.72 Å². The molecule has 1 aromatic heterocycles. The fourth-order valence-electron chi connectivity index (χ4n) is 2.92. The highest BCUT2D eigenvalue weighted by Gasteiger charge is 2.37. The summed E-state index contributed by atoms with van der Waals surface area (Å²) in [7, 11) is -4.51. The molecule has 1 saturated carbocycles. The van der Waals surface area contributed by atoms with E-state index in [-0.39, 0.29) is 37.3 Å². The Morgan fingerprint density at radius 1 is 1.07 bits per heavy atom. The molecule has 14 heteroatoms. The van der Waals surface area contributed by atoms with Crippen LogP contribution in [-0.4, -0.2) is 50.1 Å². The molecule has 0 bridgehead atoms. The minimum absolute atomic E-state index is 0.192. The Balaban J connectivity index is 1.80. The van der Waals surface area contributed by atoms with Crippen molar-refractivity contribution in [3.63, 3.8) is 0 Å². The Kier molecular flexibility index (Phi) is 7.55. The van der Waals surface area contributed by atoms with Crippen LogP contribution in [0.25, 0.3) is 0 Å². The third-order valence-electron chi connectivity index (χ3n) is 4.19. The van der Waals surface area contributed by atoms with Crippen molar-refractivity contribution in [2.24, 2.45) is 5.92 Å². The van der Waals surface area contributed by atoms with Gasteiger partial charge in [-0.2, -0.15) is 26.3 Å². The lowest BCUT2D eigenvalue weighted by atomic mass is 9.86. The number of hydrogen-bond donors (Lipinski definition) is 2. The number of halogens is 6. The van der Waals surface area contributed by atoms with E-state index in [4.69, 9.17) is 0 Å². The number of carbonyl (C=O) groups excluding carboxylic acids is 1. The van der Waals surface area contributed by atoms with Gasteiger partial charge in [-0.05, 0) is 31.7 Å². The molecule has 1 heterocycles. The van der Waals surface area contributed by atoms with E-state index in [1.54, 1.807) is 0 Å². The SMILES string of the molecule is O=C(Nc1ccc(OCC(F)(F)F)nc1)[C@H]1CC[C@H](NS(=O)(=O)CC(F)(F)F)CC1. The van der Waals surface area contributed by atoms with Crippen molar-refractivity contribution in [2.75, 3.05) is 17.7 Å². The molecule has 1 aliphatic rings. The van der Waals surface area contributed by atoms with Crippen LogP contribution in [0, 0.1) is 5.92 Å². The van der Waals surface area contributed by atoms with Crippen LogP contribution in [0.1, 0.15) is 25.7 Å². The number of amides is 1. The number of hydrogen-bond acceptors (Lipinski definition) is 5. The summed E-state index contributed by atoms with van der Waals surface area (Å²) in [5.41, 5.74) is 0.229. The molecule has 1 amide bonds. The summed E-state index contributed by atoms with van der Waals surface area (Å²) < 4.78 is 103. The molecule has 0 radical (unpaired) electrons. The van der Waals surface area contributed by atoms with Crippen molar-refractivity contribution in [3.05, 3.63) is 18.3 Å². The number of rotatable bonds is 7. The maximum absolute atomic E-state index is 12.3. The summed E-state index contributed by atoms with van der Waals surface area (Å²) in [5, 5.41) is 2.54. The minimum Gasteiger partial charge on any atom is -0.468 e. The van der Waals surface area contributed by atoms with Gasteiger partial charge in [0, 0.05) is 18.0 Å². The van der Waals surface area contributed by atoms with Gasteiger partial charge in [0.05, 0.1) is 11.9 Å². The van der Waals surface area contributed by atoms with Gasteiger partial charge in [0.1, 0.15) is 0 Å². The number of alkyl halides is 6. The second kappa shape index (κ2) is 9.37. The van der Waals surface area contributed by atoms with E-state index in [0.717, 1.165) is 12.3 Å². The first-order valence-corrected chi connectivity index (χ1v) is 10.4. The fraction of sp³-hybridized carbons (Fsp3) is 0.625. The van der Waals surface area contributed by atoms with Gasteiger partial charge >= 0.3 is 12.4 Å². The molecule has 0 spiro atoms. The van der Waals surface area contributed by atoms with Gasteiger partial charge in [0.15, 0.2) is 12.4 Å². The average molecular weight is 463 g/mol. The normalized spacial score (nSPS) is 20.6. The topological polar surface area (TPSA) is 97.4 Å². The molecule has 30 heavy (non-hydrogen) atoms. The van der Waals surface area contributed by atoms with E-state index in [2.05, 4.69) is 15.0 Å². The van der Waals surface area contributed by atoms with Gasteiger partial charge in [-0.15, -0.1) is 0 Å². The lowest BCUT2D eigenvalue weighted by molar-refractivity contribution is -0.154. The number of nitrogens with zero attached hydrogens (tertiary/aromatic N) is 1. The highest BCUT2D eigenvalue weighted by atomic mass is 32.2. The Bertz CT molecular complexity index is 819. The van der Waals surface area contributed by atoms with Gasteiger partial charge in [-0.1, -0.05) is 0 Å². The van der Waals surface area contributed by atoms with Crippen molar-refractivity contribution in [1.82, 2.24) is 9.71 Å². The number of nitrogens with one attached hydrogen (secondary N) is 2. The molecule has 0 unspecified atom stereocenters. The lowest BCUT2D eigenvalue weighted by Crippen LogP contribution is -2.42. The second-order valence-electron chi connectivity index (χ2n) is 6.82. The maximum Gasteiger partial charge on any atom is 0.422 e. The first kappa shape index (κ1) is 24.2. The quantitative estimate of drug-likeness (QED) is 0.606. The number of pyridine rings is 1. The van der Waals surface area contributed by atoms with Crippen LogP contribution in [0.2, 0.25) is 0 Å². The molecule has 170 valence electrons. The van der Waals surface area contributed by atoms with Crippen LogP contribution >= 0.6 is 0 Å². The summed E-state index contributed by atoms with van der Waals surface area (Å²) in [6.07, 6.45) is -7.33. The van der Waals surface area contributed by atoms with E-state index in [1.165, 1.54) is 6.07 Å². The second-order valence-corrected chi connectivity index (χ2v) is 8.57.